The Balaban J connectivity index is 2.15. The van der Waals surface area contributed by atoms with Crippen LogP contribution in [-0.4, -0.2) is 9.97 Å². The number of hydrogen-bond donors (Lipinski definition) is 1. The summed E-state index contributed by atoms with van der Waals surface area (Å²) in [5.74, 6) is -0.196. The van der Waals surface area contributed by atoms with Crippen LogP contribution < -0.4 is 5.73 Å². The molecule has 0 aliphatic heterocycles. The molecule has 4 heteroatoms. The number of nitrogens with zero attached hydrogens (tertiary/aromatic N) is 2. The lowest BCUT2D eigenvalue weighted by Crippen LogP contribution is -1.99. The van der Waals surface area contributed by atoms with Crippen LogP contribution in [0.15, 0.2) is 54.6 Å². The van der Waals surface area contributed by atoms with Crippen LogP contribution in [0.3, 0.4) is 0 Å². The van der Waals surface area contributed by atoms with Crippen molar-refractivity contribution in [3.63, 3.8) is 0 Å². The number of nitrogen functional groups attached to an aromatic ring is 1. The van der Waals surface area contributed by atoms with Crippen molar-refractivity contribution < 1.29 is 4.39 Å². The predicted octanol–water partition coefficient (Wildman–Crippen LogP) is 3.84. The zero-order valence-corrected chi connectivity index (χ0v) is 11.5. The van der Waals surface area contributed by atoms with Gasteiger partial charge in [-0.25, -0.2) is 14.4 Å². The molecule has 0 atom stereocenters. The van der Waals surface area contributed by atoms with Crippen molar-refractivity contribution in [3.8, 4) is 22.5 Å². The summed E-state index contributed by atoms with van der Waals surface area (Å²) in [4.78, 5) is 8.38. The van der Waals surface area contributed by atoms with Crippen molar-refractivity contribution in [2.75, 3.05) is 5.73 Å². The number of aryl methyl sites for hydroxylation is 1. The van der Waals surface area contributed by atoms with Gasteiger partial charge in [0.05, 0.1) is 11.4 Å². The van der Waals surface area contributed by atoms with Crippen LogP contribution in [-0.2, 0) is 0 Å². The maximum absolute atomic E-state index is 13.9. The first-order chi connectivity index (χ1) is 10.1. The van der Waals surface area contributed by atoms with Crippen LogP contribution in [0.5, 0.6) is 0 Å². The molecule has 0 unspecified atom stereocenters. The molecule has 2 N–H and O–H groups in total. The van der Waals surface area contributed by atoms with E-state index in [2.05, 4.69) is 9.97 Å². The van der Waals surface area contributed by atoms with Crippen molar-refractivity contribution in [1.82, 2.24) is 9.97 Å². The Labute approximate surface area is 122 Å². The molecule has 21 heavy (non-hydrogen) atoms. The first-order valence-corrected chi connectivity index (χ1v) is 6.60. The van der Waals surface area contributed by atoms with E-state index in [0.717, 1.165) is 11.1 Å². The van der Waals surface area contributed by atoms with Gasteiger partial charge in [-0.3, -0.25) is 0 Å². The topological polar surface area (TPSA) is 51.8 Å². The van der Waals surface area contributed by atoms with Crippen molar-refractivity contribution >= 4 is 5.95 Å². The van der Waals surface area contributed by atoms with E-state index in [0.29, 0.717) is 17.0 Å². The molecule has 104 valence electrons. The third-order valence-electron chi connectivity index (χ3n) is 3.21. The van der Waals surface area contributed by atoms with Crippen molar-refractivity contribution in [2.24, 2.45) is 0 Å². The van der Waals surface area contributed by atoms with Crippen LogP contribution in [0.1, 0.15) is 5.56 Å². The number of halogens is 1. The molecular formula is C17H14FN3. The standard InChI is InChI=1S/C17H14FN3/c1-11-5-4-6-12(9-11)15-10-16(21-17(19)20-15)13-7-2-3-8-14(13)18/h2-10H,1H3,(H2,19,20,21). The zero-order valence-electron chi connectivity index (χ0n) is 11.5. The van der Waals surface area contributed by atoms with Crippen LogP contribution in [0.2, 0.25) is 0 Å². The molecule has 0 saturated carbocycles. The number of hydrogen-bond acceptors (Lipinski definition) is 3. The van der Waals surface area contributed by atoms with Crippen molar-refractivity contribution in [2.45, 2.75) is 6.92 Å². The van der Waals surface area contributed by atoms with E-state index in [1.54, 1.807) is 24.3 Å². The average Bonchev–Trinajstić information content (AvgIpc) is 2.47. The number of aromatic nitrogens is 2. The second-order valence-corrected chi connectivity index (χ2v) is 4.85. The molecule has 0 amide bonds. The van der Waals surface area contributed by atoms with Crippen LogP contribution >= 0.6 is 0 Å². The molecule has 2 aromatic carbocycles. The highest BCUT2D eigenvalue weighted by Gasteiger charge is 2.10. The van der Waals surface area contributed by atoms with Gasteiger partial charge in [0, 0.05) is 11.1 Å². The van der Waals surface area contributed by atoms with E-state index in [9.17, 15) is 4.39 Å². The minimum absolute atomic E-state index is 0.132. The third-order valence-corrected chi connectivity index (χ3v) is 3.21. The van der Waals surface area contributed by atoms with Crippen LogP contribution in [0.4, 0.5) is 10.3 Å². The number of nitrogens with two attached hydrogens (primary N) is 1. The zero-order chi connectivity index (χ0) is 14.8. The number of rotatable bonds is 2. The fourth-order valence-corrected chi connectivity index (χ4v) is 2.23. The first kappa shape index (κ1) is 13.2. The number of anilines is 1. The van der Waals surface area contributed by atoms with E-state index < -0.39 is 0 Å². The Hall–Kier alpha value is -2.75. The second-order valence-electron chi connectivity index (χ2n) is 4.85. The van der Waals surface area contributed by atoms with Gasteiger partial charge >= 0.3 is 0 Å². The van der Waals surface area contributed by atoms with E-state index in [1.165, 1.54) is 6.07 Å². The van der Waals surface area contributed by atoms with Crippen molar-refractivity contribution in [1.29, 1.82) is 0 Å². The summed E-state index contributed by atoms with van der Waals surface area (Å²) in [6.45, 7) is 2.01. The SMILES string of the molecule is Cc1cccc(-c2cc(-c3ccccc3F)nc(N)n2)c1. The molecular weight excluding hydrogens is 265 g/mol. The maximum atomic E-state index is 13.9. The molecule has 3 nitrogen and oxygen atoms in total. The van der Waals surface area contributed by atoms with Gasteiger partial charge in [0.1, 0.15) is 5.82 Å². The lowest BCUT2D eigenvalue weighted by atomic mass is 10.1. The molecule has 3 rings (SSSR count). The smallest absolute Gasteiger partial charge is 0.221 e. The van der Waals surface area contributed by atoms with Gasteiger partial charge in [-0.05, 0) is 31.2 Å². The predicted molar refractivity (Wildman–Crippen MR) is 82.0 cm³/mol. The van der Waals surface area contributed by atoms with E-state index >= 15 is 0 Å². The molecule has 1 aromatic heterocycles. The fraction of sp³-hybridized carbons (Fsp3) is 0.0588. The van der Waals surface area contributed by atoms with E-state index in [1.807, 2.05) is 31.2 Å². The molecule has 1 heterocycles. The minimum atomic E-state index is -0.328. The highest BCUT2D eigenvalue weighted by molar-refractivity contribution is 5.69. The molecule has 0 radical (unpaired) electrons. The largest absolute Gasteiger partial charge is 0.368 e. The summed E-state index contributed by atoms with van der Waals surface area (Å²) in [6.07, 6.45) is 0. The van der Waals surface area contributed by atoms with E-state index in [4.69, 9.17) is 5.73 Å². The number of benzene rings is 2. The minimum Gasteiger partial charge on any atom is -0.368 e. The highest BCUT2D eigenvalue weighted by Crippen LogP contribution is 2.26. The maximum Gasteiger partial charge on any atom is 0.221 e. The molecule has 0 saturated heterocycles. The first-order valence-electron chi connectivity index (χ1n) is 6.60. The summed E-state index contributed by atoms with van der Waals surface area (Å²) >= 11 is 0. The van der Waals surface area contributed by atoms with Gasteiger partial charge in [-0.1, -0.05) is 35.9 Å². The Morgan fingerprint density at radius 2 is 1.67 bits per heavy atom. The Morgan fingerprint density at radius 3 is 2.43 bits per heavy atom. The normalized spacial score (nSPS) is 10.6. The van der Waals surface area contributed by atoms with Crippen LogP contribution in [0, 0.1) is 12.7 Å². The summed E-state index contributed by atoms with van der Waals surface area (Å²) in [6, 6.07) is 16.2. The second kappa shape index (κ2) is 5.32. The molecule has 3 aromatic rings. The van der Waals surface area contributed by atoms with Crippen molar-refractivity contribution in [3.05, 3.63) is 66.0 Å². The lowest BCUT2D eigenvalue weighted by molar-refractivity contribution is 0.630. The summed E-state index contributed by atoms with van der Waals surface area (Å²) in [5.41, 5.74) is 9.42. The summed E-state index contributed by atoms with van der Waals surface area (Å²) in [5, 5.41) is 0. The Morgan fingerprint density at radius 1 is 0.905 bits per heavy atom. The quantitative estimate of drug-likeness (QED) is 0.775. The molecule has 0 aliphatic carbocycles. The Bertz CT molecular complexity index is 800. The third kappa shape index (κ3) is 2.74. The molecule has 0 aliphatic rings. The summed E-state index contributed by atoms with van der Waals surface area (Å²) in [7, 11) is 0. The molecule has 0 bridgehead atoms. The molecule has 0 fully saturated rings. The van der Waals surface area contributed by atoms with Gasteiger partial charge in [0.25, 0.3) is 0 Å². The highest BCUT2D eigenvalue weighted by atomic mass is 19.1. The van der Waals surface area contributed by atoms with Gasteiger partial charge in [-0.2, -0.15) is 0 Å². The average molecular weight is 279 g/mol. The van der Waals surface area contributed by atoms with Gasteiger partial charge in [0.15, 0.2) is 0 Å². The van der Waals surface area contributed by atoms with Gasteiger partial charge in [-0.15, -0.1) is 0 Å². The fourth-order valence-electron chi connectivity index (χ4n) is 2.23. The Kier molecular flexibility index (Phi) is 3.36. The lowest BCUT2D eigenvalue weighted by Gasteiger charge is -2.07. The summed E-state index contributed by atoms with van der Waals surface area (Å²) < 4.78 is 13.9. The van der Waals surface area contributed by atoms with Crippen LogP contribution in [0.25, 0.3) is 22.5 Å². The van der Waals surface area contributed by atoms with Gasteiger partial charge in [0.2, 0.25) is 5.95 Å². The van der Waals surface area contributed by atoms with E-state index in [-0.39, 0.29) is 11.8 Å². The molecule has 0 spiro atoms. The monoisotopic (exact) mass is 279 g/mol. The van der Waals surface area contributed by atoms with Gasteiger partial charge < -0.3 is 5.73 Å².